The van der Waals surface area contributed by atoms with Gasteiger partial charge in [0.25, 0.3) is 0 Å². The van der Waals surface area contributed by atoms with Gasteiger partial charge in [-0.05, 0) is 31.0 Å². The predicted octanol–water partition coefficient (Wildman–Crippen LogP) is 2.67. The first kappa shape index (κ1) is 17.7. The third kappa shape index (κ3) is 4.49. The SMILES string of the molecule is COc1ccc(-c2nc(CC(=O)NCC3CCCO3)cs2)cc1OC. The maximum Gasteiger partial charge on any atom is 0.226 e. The first-order chi connectivity index (χ1) is 12.2. The van der Waals surface area contributed by atoms with Crippen molar-refractivity contribution in [3.63, 3.8) is 0 Å². The maximum atomic E-state index is 12.1. The molecule has 1 aromatic heterocycles. The molecule has 1 fully saturated rings. The Morgan fingerprint density at radius 2 is 2.20 bits per heavy atom. The van der Waals surface area contributed by atoms with Crippen LogP contribution in [-0.2, 0) is 16.0 Å². The van der Waals surface area contributed by atoms with Crippen molar-refractivity contribution < 1.29 is 19.0 Å². The van der Waals surface area contributed by atoms with E-state index in [0.717, 1.165) is 35.7 Å². The van der Waals surface area contributed by atoms with E-state index in [1.54, 1.807) is 14.2 Å². The minimum Gasteiger partial charge on any atom is -0.493 e. The summed E-state index contributed by atoms with van der Waals surface area (Å²) in [5, 5.41) is 5.68. The molecule has 3 rings (SSSR count). The van der Waals surface area contributed by atoms with Crippen molar-refractivity contribution in [2.75, 3.05) is 27.4 Å². The molecular formula is C18H22N2O4S. The van der Waals surface area contributed by atoms with Crippen LogP contribution in [0.5, 0.6) is 11.5 Å². The molecule has 1 atom stereocenters. The largest absolute Gasteiger partial charge is 0.493 e. The second-order valence-corrected chi connectivity index (χ2v) is 6.69. The quantitative estimate of drug-likeness (QED) is 0.820. The summed E-state index contributed by atoms with van der Waals surface area (Å²) in [5.41, 5.74) is 1.70. The highest BCUT2D eigenvalue weighted by atomic mass is 32.1. The van der Waals surface area contributed by atoms with E-state index in [9.17, 15) is 4.79 Å². The van der Waals surface area contributed by atoms with Crippen molar-refractivity contribution in [1.82, 2.24) is 10.3 Å². The van der Waals surface area contributed by atoms with E-state index in [0.29, 0.717) is 18.0 Å². The molecule has 134 valence electrons. The summed E-state index contributed by atoms with van der Waals surface area (Å²) in [5.74, 6) is 1.31. The van der Waals surface area contributed by atoms with Crippen molar-refractivity contribution in [3.8, 4) is 22.1 Å². The van der Waals surface area contributed by atoms with Gasteiger partial charge >= 0.3 is 0 Å². The number of rotatable bonds is 7. The zero-order valence-electron chi connectivity index (χ0n) is 14.4. The van der Waals surface area contributed by atoms with E-state index in [1.165, 1.54) is 11.3 Å². The first-order valence-electron chi connectivity index (χ1n) is 8.24. The fourth-order valence-corrected chi connectivity index (χ4v) is 3.57. The lowest BCUT2D eigenvalue weighted by Gasteiger charge is -2.10. The lowest BCUT2D eigenvalue weighted by atomic mass is 10.2. The highest BCUT2D eigenvalue weighted by Crippen LogP contribution is 2.33. The van der Waals surface area contributed by atoms with Crippen molar-refractivity contribution in [2.24, 2.45) is 0 Å². The molecule has 1 saturated heterocycles. The van der Waals surface area contributed by atoms with Crippen molar-refractivity contribution in [2.45, 2.75) is 25.4 Å². The van der Waals surface area contributed by atoms with Gasteiger partial charge in [-0.15, -0.1) is 11.3 Å². The Morgan fingerprint density at radius 3 is 2.92 bits per heavy atom. The third-order valence-electron chi connectivity index (χ3n) is 4.07. The van der Waals surface area contributed by atoms with Gasteiger partial charge in [-0.25, -0.2) is 4.98 Å². The Hall–Kier alpha value is -2.12. The van der Waals surface area contributed by atoms with E-state index in [2.05, 4.69) is 10.3 Å². The molecule has 2 aromatic rings. The van der Waals surface area contributed by atoms with Crippen molar-refractivity contribution in [3.05, 3.63) is 29.3 Å². The van der Waals surface area contributed by atoms with E-state index in [-0.39, 0.29) is 18.4 Å². The number of hydrogen-bond donors (Lipinski definition) is 1. The number of carbonyl (C=O) groups is 1. The number of thiazole rings is 1. The maximum absolute atomic E-state index is 12.1. The van der Waals surface area contributed by atoms with Crippen molar-refractivity contribution >= 4 is 17.2 Å². The second-order valence-electron chi connectivity index (χ2n) is 5.83. The van der Waals surface area contributed by atoms with Gasteiger partial charge < -0.3 is 19.5 Å². The summed E-state index contributed by atoms with van der Waals surface area (Å²) >= 11 is 1.51. The number of amides is 1. The minimum absolute atomic E-state index is 0.0281. The van der Waals surface area contributed by atoms with E-state index in [4.69, 9.17) is 14.2 Å². The number of aromatic nitrogens is 1. The van der Waals surface area contributed by atoms with Gasteiger partial charge in [0.2, 0.25) is 5.91 Å². The van der Waals surface area contributed by atoms with Crippen LogP contribution in [0.1, 0.15) is 18.5 Å². The summed E-state index contributed by atoms with van der Waals surface area (Å²) < 4.78 is 16.1. The van der Waals surface area contributed by atoms with Gasteiger partial charge in [0.15, 0.2) is 11.5 Å². The van der Waals surface area contributed by atoms with Crippen LogP contribution in [0, 0.1) is 0 Å². The Morgan fingerprint density at radius 1 is 1.36 bits per heavy atom. The zero-order chi connectivity index (χ0) is 17.6. The molecule has 0 radical (unpaired) electrons. The Labute approximate surface area is 151 Å². The lowest BCUT2D eigenvalue weighted by molar-refractivity contribution is -0.121. The van der Waals surface area contributed by atoms with Crippen LogP contribution in [0.3, 0.4) is 0 Å². The van der Waals surface area contributed by atoms with Gasteiger partial charge in [-0.1, -0.05) is 0 Å². The fraction of sp³-hybridized carbons (Fsp3) is 0.444. The van der Waals surface area contributed by atoms with Gasteiger partial charge in [-0.2, -0.15) is 0 Å². The number of hydrogen-bond acceptors (Lipinski definition) is 6. The van der Waals surface area contributed by atoms with Crippen LogP contribution >= 0.6 is 11.3 Å². The molecule has 0 bridgehead atoms. The number of nitrogens with one attached hydrogen (secondary N) is 1. The summed E-state index contributed by atoms with van der Waals surface area (Å²) in [6.45, 7) is 1.37. The first-order valence-corrected chi connectivity index (χ1v) is 9.12. The molecule has 1 aromatic carbocycles. The molecule has 7 heteroatoms. The molecule has 1 aliphatic heterocycles. The average Bonchev–Trinajstić information content (AvgIpc) is 3.31. The van der Waals surface area contributed by atoms with Gasteiger partial charge in [0, 0.05) is 24.1 Å². The summed E-state index contributed by atoms with van der Waals surface area (Å²) in [6, 6.07) is 5.67. The number of methoxy groups -OCH3 is 2. The number of ether oxygens (including phenoxy) is 3. The van der Waals surface area contributed by atoms with E-state index >= 15 is 0 Å². The second kappa shape index (κ2) is 8.31. The number of benzene rings is 1. The zero-order valence-corrected chi connectivity index (χ0v) is 15.2. The van der Waals surface area contributed by atoms with Crippen LogP contribution in [-0.4, -0.2) is 44.4 Å². The van der Waals surface area contributed by atoms with Crippen molar-refractivity contribution in [1.29, 1.82) is 0 Å². The molecule has 1 unspecified atom stereocenters. The average molecular weight is 362 g/mol. The molecule has 6 nitrogen and oxygen atoms in total. The van der Waals surface area contributed by atoms with E-state index < -0.39 is 0 Å². The molecule has 0 saturated carbocycles. The predicted molar refractivity (Wildman–Crippen MR) is 96.3 cm³/mol. The smallest absolute Gasteiger partial charge is 0.226 e. The standard InChI is InChI=1S/C18H22N2O4S/c1-22-15-6-5-12(8-16(15)23-2)18-20-13(11-25-18)9-17(21)19-10-14-4-3-7-24-14/h5-6,8,11,14H,3-4,7,9-10H2,1-2H3,(H,19,21). The Kier molecular flexibility index (Phi) is 5.88. The number of nitrogens with zero attached hydrogens (tertiary/aromatic N) is 1. The molecule has 2 heterocycles. The third-order valence-corrected chi connectivity index (χ3v) is 5.01. The minimum atomic E-state index is -0.0281. The Balaban J connectivity index is 1.60. The highest BCUT2D eigenvalue weighted by Gasteiger charge is 2.17. The fourth-order valence-electron chi connectivity index (χ4n) is 2.75. The monoisotopic (exact) mass is 362 g/mol. The molecule has 0 aliphatic carbocycles. The molecule has 25 heavy (non-hydrogen) atoms. The summed E-state index contributed by atoms with van der Waals surface area (Å²) in [6.07, 6.45) is 2.51. The molecule has 0 spiro atoms. The van der Waals surface area contributed by atoms with Gasteiger partial charge in [-0.3, -0.25) is 4.79 Å². The van der Waals surface area contributed by atoms with Gasteiger partial charge in [0.1, 0.15) is 5.01 Å². The van der Waals surface area contributed by atoms with Crippen LogP contribution in [0.2, 0.25) is 0 Å². The van der Waals surface area contributed by atoms with Crippen LogP contribution in [0.15, 0.2) is 23.6 Å². The Bertz CT molecular complexity index is 726. The highest BCUT2D eigenvalue weighted by molar-refractivity contribution is 7.13. The lowest BCUT2D eigenvalue weighted by Crippen LogP contribution is -2.32. The normalized spacial score (nSPS) is 16.6. The van der Waals surface area contributed by atoms with Crippen LogP contribution in [0.25, 0.3) is 10.6 Å². The molecular weight excluding hydrogens is 340 g/mol. The topological polar surface area (TPSA) is 69.7 Å². The van der Waals surface area contributed by atoms with Gasteiger partial charge in [0.05, 0.1) is 32.4 Å². The number of carbonyl (C=O) groups excluding carboxylic acids is 1. The molecule has 1 N–H and O–H groups in total. The molecule has 1 aliphatic rings. The van der Waals surface area contributed by atoms with Crippen LogP contribution in [0.4, 0.5) is 0 Å². The molecule has 1 amide bonds. The van der Waals surface area contributed by atoms with E-state index in [1.807, 2.05) is 23.6 Å². The van der Waals surface area contributed by atoms with Crippen LogP contribution < -0.4 is 14.8 Å². The summed E-state index contributed by atoms with van der Waals surface area (Å²) in [7, 11) is 3.21. The summed E-state index contributed by atoms with van der Waals surface area (Å²) in [4.78, 5) is 16.6.